The minimum absolute atomic E-state index is 0.370. The molecular weight excluding hydrogens is 269 g/mol. The van der Waals surface area contributed by atoms with Crippen LogP contribution >= 0.6 is 0 Å². The largest absolute Gasteiger partial charge is 0.480 e. The molecule has 3 N–H and O–H groups in total. The second-order valence-corrected chi connectivity index (χ2v) is 3.46. The summed E-state index contributed by atoms with van der Waals surface area (Å²) in [7, 11) is 0. The number of carboxylic acid groups (broad SMARTS) is 1. The van der Waals surface area contributed by atoms with Crippen LogP contribution in [0.25, 0.3) is 0 Å². The molecule has 0 saturated heterocycles. The van der Waals surface area contributed by atoms with Crippen molar-refractivity contribution in [2.75, 3.05) is 18.0 Å². The van der Waals surface area contributed by atoms with Crippen molar-refractivity contribution in [3.05, 3.63) is 18.1 Å². The summed E-state index contributed by atoms with van der Waals surface area (Å²) in [5, 5.41) is 8.60. The zero-order valence-corrected chi connectivity index (χ0v) is 9.39. The number of carbonyl (C=O) groups excluding carboxylic acids is 1. The molecule has 0 fully saturated rings. The van der Waals surface area contributed by atoms with Gasteiger partial charge in [-0.05, 0) is 0 Å². The third-order valence-electron chi connectivity index (χ3n) is 1.91. The van der Waals surface area contributed by atoms with Gasteiger partial charge in [-0.1, -0.05) is 0 Å². The van der Waals surface area contributed by atoms with Crippen LogP contribution in [0.15, 0.2) is 12.4 Å². The molecule has 0 aliphatic rings. The van der Waals surface area contributed by atoms with E-state index in [1.807, 2.05) is 0 Å². The van der Waals surface area contributed by atoms with Gasteiger partial charge in [0.15, 0.2) is 11.5 Å². The first-order valence-corrected chi connectivity index (χ1v) is 4.85. The number of hydrogen-bond donors (Lipinski definition) is 2. The lowest BCUT2D eigenvalue weighted by Gasteiger charge is -2.23. The van der Waals surface area contributed by atoms with Crippen molar-refractivity contribution >= 4 is 17.7 Å². The molecule has 19 heavy (non-hydrogen) atoms. The fraction of sp³-hybridized carbons (Fsp3) is 0.333. The average Bonchev–Trinajstić information content (AvgIpc) is 2.25. The predicted octanol–water partition coefficient (Wildman–Crippen LogP) is 0.0288. The number of alkyl halides is 3. The monoisotopic (exact) mass is 278 g/mol. The summed E-state index contributed by atoms with van der Waals surface area (Å²) in [5.74, 6) is -3.12. The summed E-state index contributed by atoms with van der Waals surface area (Å²) >= 11 is 0. The Morgan fingerprint density at radius 3 is 2.37 bits per heavy atom. The quantitative estimate of drug-likeness (QED) is 0.786. The van der Waals surface area contributed by atoms with E-state index in [1.165, 1.54) is 0 Å². The maximum atomic E-state index is 12.4. The van der Waals surface area contributed by atoms with Gasteiger partial charge in [-0.2, -0.15) is 13.2 Å². The van der Waals surface area contributed by atoms with Crippen molar-refractivity contribution in [3.63, 3.8) is 0 Å². The molecule has 0 atom stereocenters. The van der Waals surface area contributed by atoms with E-state index >= 15 is 0 Å². The first kappa shape index (κ1) is 14.7. The first-order chi connectivity index (χ1) is 8.70. The number of carboxylic acids is 1. The maximum absolute atomic E-state index is 12.4. The topological polar surface area (TPSA) is 109 Å². The lowest BCUT2D eigenvalue weighted by Crippen LogP contribution is -2.39. The van der Waals surface area contributed by atoms with Crippen molar-refractivity contribution in [2.45, 2.75) is 6.18 Å². The van der Waals surface area contributed by atoms with E-state index in [1.54, 1.807) is 0 Å². The molecule has 0 aliphatic heterocycles. The third kappa shape index (κ3) is 4.41. The molecule has 1 aromatic heterocycles. The van der Waals surface area contributed by atoms with Crippen LogP contribution in [0.4, 0.5) is 19.0 Å². The van der Waals surface area contributed by atoms with Crippen LogP contribution in [0.5, 0.6) is 0 Å². The summed E-state index contributed by atoms with van der Waals surface area (Å²) in [6, 6.07) is 0. The molecule has 7 nitrogen and oxygen atoms in total. The number of nitrogens with zero attached hydrogens (tertiary/aromatic N) is 3. The van der Waals surface area contributed by atoms with Gasteiger partial charge in [0.25, 0.3) is 5.91 Å². The van der Waals surface area contributed by atoms with E-state index in [2.05, 4.69) is 9.97 Å². The molecule has 0 bridgehead atoms. The third-order valence-corrected chi connectivity index (χ3v) is 1.91. The zero-order valence-electron chi connectivity index (χ0n) is 9.39. The average molecular weight is 278 g/mol. The number of aromatic nitrogens is 2. The minimum atomic E-state index is -4.66. The Hall–Kier alpha value is -2.39. The SMILES string of the molecule is NC(=O)c1nccnc1N(CC(=O)O)CC(F)(F)F. The summed E-state index contributed by atoms with van der Waals surface area (Å²) in [6.07, 6.45) is -2.56. The molecule has 0 radical (unpaired) electrons. The normalized spacial score (nSPS) is 11.1. The number of nitrogens with two attached hydrogens (primary N) is 1. The Morgan fingerprint density at radius 1 is 1.32 bits per heavy atom. The van der Waals surface area contributed by atoms with Gasteiger partial charge in [0.05, 0.1) is 0 Å². The summed E-state index contributed by atoms with van der Waals surface area (Å²) in [5.41, 5.74) is 4.43. The van der Waals surface area contributed by atoms with Crippen molar-refractivity contribution < 1.29 is 27.9 Å². The van der Waals surface area contributed by atoms with E-state index in [0.29, 0.717) is 4.90 Å². The molecule has 10 heteroatoms. The Morgan fingerprint density at radius 2 is 1.89 bits per heavy atom. The fourth-order valence-electron chi connectivity index (χ4n) is 1.32. The van der Waals surface area contributed by atoms with Crippen LogP contribution in [0.3, 0.4) is 0 Å². The Kier molecular flexibility index (Phi) is 4.25. The van der Waals surface area contributed by atoms with E-state index in [4.69, 9.17) is 10.8 Å². The number of rotatable bonds is 5. The van der Waals surface area contributed by atoms with Gasteiger partial charge in [-0.25, -0.2) is 9.97 Å². The van der Waals surface area contributed by atoms with Crippen LogP contribution in [0.1, 0.15) is 10.5 Å². The highest BCUT2D eigenvalue weighted by Gasteiger charge is 2.33. The second kappa shape index (κ2) is 5.50. The van der Waals surface area contributed by atoms with Crippen LogP contribution in [0.2, 0.25) is 0 Å². The van der Waals surface area contributed by atoms with E-state index in [-0.39, 0.29) is 0 Å². The first-order valence-electron chi connectivity index (χ1n) is 4.85. The van der Waals surface area contributed by atoms with Crippen LogP contribution in [-0.2, 0) is 4.79 Å². The number of halogens is 3. The zero-order chi connectivity index (χ0) is 14.6. The lowest BCUT2D eigenvalue weighted by atomic mass is 10.3. The Bertz CT molecular complexity index is 492. The van der Waals surface area contributed by atoms with Gasteiger partial charge in [-0.3, -0.25) is 9.59 Å². The molecule has 104 valence electrons. The molecule has 1 amide bonds. The Labute approximate surface area is 104 Å². The van der Waals surface area contributed by atoms with Gasteiger partial charge in [-0.15, -0.1) is 0 Å². The fourth-order valence-corrected chi connectivity index (χ4v) is 1.32. The summed E-state index contributed by atoms with van der Waals surface area (Å²) in [6.45, 7) is -2.57. The minimum Gasteiger partial charge on any atom is -0.480 e. The number of aliphatic carboxylic acids is 1. The van der Waals surface area contributed by atoms with Gasteiger partial charge in [0, 0.05) is 12.4 Å². The van der Waals surface area contributed by atoms with Crippen LogP contribution in [-0.4, -0.2) is 46.2 Å². The molecule has 1 aromatic rings. The van der Waals surface area contributed by atoms with Crippen LogP contribution in [0, 0.1) is 0 Å². The molecule has 0 saturated carbocycles. The van der Waals surface area contributed by atoms with Gasteiger partial charge in [0.2, 0.25) is 0 Å². The highest BCUT2D eigenvalue weighted by atomic mass is 19.4. The van der Waals surface area contributed by atoms with E-state index in [0.717, 1.165) is 12.4 Å². The van der Waals surface area contributed by atoms with Crippen molar-refractivity contribution in [1.82, 2.24) is 9.97 Å². The highest BCUT2D eigenvalue weighted by molar-refractivity contribution is 5.96. The molecule has 1 rings (SSSR count). The van der Waals surface area contributed by atoms with Crippen molar-refractivity contribution in [1.29, 1.82) is 0 Å². The van der Waals surface area contributed by atoms with Gasteiger partial charge < -0.3 is 15.7 Å². The standard InChI is InChI=1S/C9H9F3N4O3/c10-9(11,12)4-16(3-5(17)18)8-6(7(13)19)14-1-2-15-8/h1-2H,3-4H2,(H2,13,19)(H,17,18). The number of anilines is 1. The molecule has 0 aromatic carbocycles. The number of hydrogen-bond acceptors (Lipinski definition) is 5. The number of amides is 1. The predicted molar refractivity (Wildman–Crippen MR) is 56.5 cm³/mol. The maximum Gasteiger partial charge on any atom is 0.405 e. The lowest BCUT2D eigenvalue weighted by molar-refractivity contribution is -0.136. The smallest absolute Gasteiger partial charge is 0.405 e. The van der Waals surface area contributed by atoms with E-state index in [9.17, 15) is 22.8 Å². The molecular formula is C9H9F3N4O3. The highest BCUT2D eigenvalue weighted by Crippen LogP contribution is 2.22. The number of primary amides is 1. The number of carbonyl (C=O) groups is 2. The van der Waals surface area contributed by atoms with Gasteiger partial charge >= 0.3 is 12.1 Å². The molecule has 0 unspecified atom stereocenters. The van der Waals surface area contributed by atoms with Crippen LogP contribution < -0.4 is 10.6 Å². The van der Waals surface area contributed by atoms with Crippen molar-refractivity contribution in [2.24, 2.45) is 5.73 Å². The van der Waals surface area contributed by atoms with E-state index < -0.39 is 42.7 Å². The second-order valence-electron chi connectivity index (χ2n) is 3.46. The molecule has 0 aliphatic carbocycles. The van der Waals surface area contributed by atoms with Crippen molar-refractivity contribution in [3.8, 4) is 0 Å². The molecule has 1 heterocycles. The Balaban J connectivity index is 3.17. The van der Waals surface area contributed by atoms with Gasteiger partial charge in [0.1, 0.15) is 13.1 Å². The summed E-state index contributed by atoms with van der Waals surface area (Å²) in [4.78, 5) is 29.0. The molecule has 0 spiro atoms. The summed E-state index contributed by atoms with van der Waals surface area (Å²) < 4.78 is 37.1.